The maximum Gasteiger partial charge on any atom is 0.222 e. The molecule has 3 nitrogen and oxygen atoms in total. The molecule has 1 atom stereocenters. The van der Waals surface area contributed by atoms with Crippen molar-refractivity contribution in [2.24, 2.45) is 17.1 Å². The zero-order chi connectivity index (χ0) is 12.1. The molecule has 0 aliphatic rings. The molecule has 0 fully saturated rings. The van der Waals surface area contributed by atoms with Gasteiger partial charge in [0.15, 0.2) is 0 Å². The van der Waals surface area contributed by atoms with Crippen LogP contribution >= 0.6 is 0 Å². The van der Waals surface area contributed by atoms with Gasteiger partial charge in [0.2, 0.25) is 5.91 Å². The van der Waals surface area contributed by atoms with Crippen LogP contribution in [0.2, 0.25) is 0 Å². The summed E-state index contributed by atoms with van der Waals surface area (Å²) in [5, 5.41) is 0. The predicted octanol–water partition coefficient (Wildman–Crippen LogP) is 1.87. The number of nitrogens with zero attached hydrogens (tertiary/aromatic N) is 1. The zero-order valence-electron chi connectivity index (χ0n) is 10.8. The van der Waals surface area contributed by atoms with E-state index >= 15 is 0 Å². The van der Waals surface area contributed by atoms with Crippen LogP contribution in [0.1, 0.15) is 40.5 Å². The largest absolute Gasteiger partial charge is 0.344 e. The summed E-state index contributed by atoms with van der Waals surface area (Å²) >= 11 is 0. The van der Waals surface area contributed by atoms with Gasteiger partial charge in [-0.05, 0) is 17.8 Å². The van der Waals surface area contributed by atoms with Crippen LogP contribution in [0.4, 0.5) is 0 Å². The van der Waals surface area contributed by atoms with Crippen molar-refractivity contribution < 1.29 is 4.79 Å². The number of carbonyl (C=O) groups excluding carboxylic acids is 1. The fourth-order valence-corrected chi connectivity index (χ4v) is 1.89. The summed E-state index contributed by atoms with van der Waals surface area (Å²) < 4.78 is 0. The molecule has 1 amide bonds. The van der Waals surface area contributed by atoms with Crippen LogP contribution in [0.25, 0.3) is 0 Å². The van der Waals surface area contributed by atoms with Crippen molar-refractivity contribution in [3.8, 4) is 0 Å². The average Bonchev–Trinajstić information content (AvgIpc) is 2.00. The van der Waals surface area contributed by atoms with Gasteiger partial charge >= 0.3 is 0 Å². The standard InChI is InChI=1S/C12H26N2O/c1-10(9-12(2,3)4)8-11(15)14(5)7-6-13/h10H,6-9,13H2,1-5H3. The van der Waals surface area contributed by atoms with Gasteiger partial charge in [0, 0.05) is 26.6 Å². The minimum absolute atomic E-state index is 0.206. The van der Waals surface area contributed by atoms with Gasteiger partial charge < -0.3 is 10.6 Å². The van der Waals surface area contributed by atoms with Gasteiger partial charge in [0.05, 0.1) is 0 Å². The number of carbonyl (C=O) groups is 1. The van der Waals surface area contributed by atoms with Crippen molar-refractivity contribution in [2.75, 3.05) is 20.1 Å². The van der Waals surface area contributed by atoms with E-state index in [1.165, 1.54) is 0 Å². The van der Waals surface area contributed by atoms with E-state index in [2.05, 4.69) is 27.7 Å². The third-order valence-electron chi connectivity index (χ3n) is 2.37. The van der Waals surface area contributed by atoms with Crippen molar-refractivity contribution in [2.45, 2.75) is 40.5 Å². The number of hydrogen-bond donors (Lipinski definition) is 1. The highest BCUT2D eigenvalue weighted by Crippen LogP contribution is 2.26. The van der Waals surface area contributed by atoms with Gasteiger partial charge in [-0.3, -0.25) is 4.79 Å². The average molecular weight is 214 g/mol. The molecule has 2 N–H and O–H groups in total. The first-order valence-corrected chi connectivity index (χ1v) is 5.70. The lowest BCUT2D eigenvalue weighted by Crippen LogP contribution is -2.33. The van der Waals surface area contributed by atoms with Crippen LogP contribution in [0, 0.1) is 11.3 Å². The summed E-state index contributed by atoms with van der Waals surface area (Å²) in [4.78, 5) is 13.4. The van der Waals surface area contributed by atoms with Crippen LogP contribution in [0.15, 0.2) is 0 Å². The maximum absolute atomic E-state index is 11.7. The van der Waals surface area contributed by atoms with Crippen molar-refractivity contribution in [3.63, 3.8) is 0 Å². The Morgan fingerprint density at radius 1 is 1.40 bits per heavy atom. The summed E-state index contributed by atoms with van der Waals surface area (Å²) in [6.07, 6.45) is 1.71. The third-order valence-corrected chi connectivity index (χ3v) is 2.37. The minimum atomic E-state index is 0.206. The van der Waals surface area contributed by atoms with Crippen molar-refractivity contribution in [1.29, 1.82) is 0 Å². The smallest absolute Gasteiger partial charge is 0.222 e. The Morgan fingerprint density at radius 3 is 2.33 bits per heavy atom. The summed E-state index contributed by atoms with van der Waals surface area (Å²) in [6.45, 7) is 9.95. The molecule has 0 spiro atoms. The second-order valence-electron chi connectivity index (χ2n) is 5.68. The van der Waals surface area contributed by atoms with E-state index in [1.807, 2.05) is 7.05 Å². The number of nitrogens with two attached hydrogens (primary N) is 1. The highest BCUT2D eigenvalue weighted by molar-refractivity contribution is 5.76. The molecule has 0 aromatic heterocycles. The number of amides is 1. The van der Waals surface area contributed by atoms with Gasteiger partial charge in [0.1, 0.15) is 0 Å². The Bertz CT molecular complexity index is 196. The van der Waals surface area contributed by atoms with E-state index in [0.717, 1.165) is 6.42 Å². The van der Waals surface area contributed by atoms with Crippen molar-refractivity contribution in [1.82, 2.24) is 4.90 Å². The number of hydrogen-bond acceptors (Lipinski definition) is 2. The maximum atomic E-state index is 11.7. The molecule has 1 unspecified atom stereocenters. The molecule has 0 aliphatic heterocycles. The van der Waals surface area contributed by atoms with Crippen LogP contribution in [0.5, 0.6) is 0 Å². The van der Waals surface area contributed by atoms with Crippen LogP contribution in [-0.2, 0) is 4.79 Å². The van der Waals surface area contributed by atoms with E-state index in [1.54, 1.807) is 4.90 Å². The Labute approximate surface area is 94.0 Å². The molecular formula is C12H26N2O. The monoisotopic (exact) mass is 214 g/mol. The summed E-state index contributed by atoms with van der Waals surface area (Å²) in [5.74, 6) is 0.648. The minimum Gasteiger partial charge on any atom is -0.344 e. The lowest BCUT2D eigenvalue weighted by molar-refractivity contribution is -0.130. The van der Waals surface area contributed by atoms with Gasteiger partial charge in [-0.1, -0.05) is 27.7 Å². The predicted molar refractivity (Wildman–Crippen MR) is 64.5 cm³/mol. The molecule has 0 aliphatic carbocycles. The molecule has 90 valence electrons. The third kappa shape index (κ3) is 7.37. The van der Waals surface area contributed by atoms with Gasteiger partial charge in [-0.25, -0.2) is 0 Å². The topological polar surface area (TPSA) is 46.3 Å². The highest BCUT2D eigenvalue weighted by Gasteiger charge is 2.19. The second kappa shape index (κ2) is 6.11. The van der Waals surface area contributed by atoms with Crippen LogP contribution in [-0.4, -0.2) is 30.9 Å². The first-order valence-electron chi connectivity index (χ1n) is 5.70. The molecule has 0 radical (unpaired) electrons. The molecule has 0 aromatic rings. The Morgan fingerprint density at radius 2 is 1.93 bits per heavy atom. The molecule has 0 saturated heterocycles. The molecule has 0 aromatic carbocycles. The summed E-state index contributed by atoms with van der Waals surface area (Å²) in [6, 6.07) is 0. The molecular weight excluding hydrogens is 188 g/mol. The molecule has 3 heteroatoms. The first-order chi connectivity index (χ1) is 6.76. The molecule has 0 rings (SSSR count). The Hall–Kier alpha value is -0.570. The van der Waals surface area contributed by atoms with Crippen molar-refractivity contribution in [3.05, 3.63) is 0 Å². The van der Waals surface area contributed by atoms with Gasteiger partial charge in [-0.2, -0.15) is 0 Å². The molecule has 0 saturated carbocycles. The Balaban J connectivity index is 3.96. The van der Waals surface area contributed by atoms with Crippen LogP contribution < -0.4 is 5.73 Å². The normalized spacial score (nSPS) is 13.7. The fraction of sp³-hybridized carbons (Fsp3) is 0.917. The molecule has 15 heavy (non-hydrogen) atoms. The van der Waals surface area contributed by atoms with E-state index in [4.69, 9.17) is 5.73 Å². The van der Waals surface area contributed by atoms with E-state index in [0.29, 0.717) is 30.8 Å². The lowest BCUT2D eigenvalue weighted by atomic mass is 9.84. The van der Waals surface area contributed by atoms with E-state index < -0.39 is 0 Å². The van der Waals surface area contributed by atoms with E-state index in [-0.39, 0.29) is 5.91 Å². The lowest BCUT2D eigenvalue weighted by Gasteiger charge is -2.24. The fourth-order valence-electron chi connectivity index (χ4n) is 1.89. The van der Waals surface area contributed by atoms with Gasteiger partial charge in [0.25, 0.3) is 0 Å². The summed E-state index contributed by atoms with van der Waals surface area (Å²) in [5.41, 5.74) is 5.70. The highest BCUT2D eigenvalue weighted by atomic mass is 16.2. The number of rotatable bonds is 5. The second-order valence-corrected chi connectivity index (χ2v) is 5.68. The van der Waals surface area contributed by atoms with Gasteiger partial charge in [-0.15, -0.1) is 0 Å². The van der Waals surface area contributed by atoms with Crippen LogP contribution in [0.3, 0.4) is 0 Å². The molecule has 0 bridgehead atoms. The zero-order valence-corrected chi connectivity index (χ0v) is 10.8. The quantitative estimate of drug-likeness (QED) is 0.759. The SMILES string of the molecule is CC(CC(=O)N(C)CCN)CC(C)(C)C. The molecule has 0 heterocycles. The first kappa shape index (κ1) is 14.4. The summed E-state index contributed by atoms with van der Waals surface area (Å²) in [7, 11) is 1.82. The van der Waals surface area contributed by atoms with E-state index in [9.17, 15) is 4.79 Å². The van der Waals surface area contributed by atoms with Crippen molar-refractivity contribution >= 4 is 5.91 Å². The Kier molecular flexibility index (Phi) is 5.88. The number of likely N-dealkylation sites (N-methyl/N-ethyl adjacent to an activating group) is 1.